The molecule has 0 unspecified atom stereocenters. The molecule has 0 bridgehead atoms. The molecule has 0 radical (unpaired) electrons. The number of carbonyl (C=O) groups excluding carboxylic acids is 2. The Bertz CT molecular complexity index is 124. The van der Waals surface area contributed by atoms with Gasteiger partial charge in [-0.1, -0.05) is 13.8 Å². The lowest BCUT2D eigenvalue weighted by molar-refractivity contribution is -0.117. The molecule has 0 aliphatic heterocycles. The molecule has 0 amide bonds. The van der Waals surface area contributed by atoms with E-state index in [-0.39, 0.29) is 17.0 Å². The number of hydrogen-bond donors (Lipinski definition) is 0. The average Bonchev–Trinajstić information content (AvgIpc) is 1.56. The van der Waals surface area contributed by atoms with Gasteiger partial charge in [0.2, 0.25) is 0 Å². The first-order valence-corrected chi connectivity index (χ1v) is 3.82. The number of carbonyl (C=O) groups is 2. The zero-order valence-corrected chi connectivity index (χ0v) is 8.60. The molecular weight excluding hydrogens is 156 g/mol. The van der Waals surface area contributed by atoms with Crippen molar-refractivity contribution in [2.45, 2.75) is 41.0 Å². The van der Waals surface area contributed by atoms with E-state index < -0.39 is 0 Å². The molecule has 3 heteroatoms. The van der Waals surface area contributed by atoms with Crippen LogP contribution in [0.15, 0.2) is 0 Å². The lowest BCUT2D eigenvalue weighted by atomic mass is 10.1. The molecule has 0 aromatic heterocycles. The third-order valence-electron chi connectivity index (χ3n) is 0.696. The van der Waals surface area contributed by atoms with Crippen molar-refractivity contribution in [3.8, 4) is 0 Å². The molecule has 0 rings (SSSR count). The highest BCUT2D eigenvalue weighted by Gasteiger charge is 1.95. The fourth-order valence-corrected chi connectivity index (χ4v) is 0.575. The smallest absolute Gasteiger partial charge is 0.130 e. The first-order chi connectivity index (χ1) is 4.86. The van der Waals surface area contributed by atoms with Gasteiger partial charge in [-0.25, -0.2) is 0 Å². The summed E-state index contributed by atoms with van der Waals surface area (Å²) < 4.78 is 0. The van der Waals surface area contributed by atoms with Crippen LogP contribution < -0.4 is 0 Å². The van der Waals surface area contributed by atoms with Gasteiger partial charge in [0.05, 0.1) is 0 Å². The molecule has 12 heavy (non-hydrogen) atoms. The highest BCUT2D eigenvalue weighted by Crippen LogP contribution is 1.97. The maximum Gasteiger partial charge on any atom is 0.130 e. The van der Waals surface area contributed by atoms with Gasteiger partial charge in [0, 0.05) is 6.42 Å². The van der Waals surface area contributed by atoms with E-state index in [1.165, 1.54) is 13.8 Å². The maximum absolute atomic E-state index is 10.3. The Morgan fingerprint density at radius 2 is 1.33 bits per heavy atom. The third-order valence-corrected chi connectivity index (χ3v) is 0.696. The second-order valence-corrected chi connectivity index (χ2v) is 3.21. The average molecular weight is 176 g/mol. The van der Waals surface area contributed by atoms with E-state index in [4.69, 9.17) is 0 Å². The van der Waals surface area contributed by atoms with Crippen molar-refractivity contribution >= 4 is 11.6 Å². The molecule has 0 aliphatic carbocycles. The minimum absolute atomic E-state index is 0. The SMILES string of the molecule is CC(=O)CC(C)C.CC(C)=O.O. The van der Waals surface area contributed by atoms with Gasteiger partial charge in [0.25, 0.3) is 0 Å². The van der Waals surface area contributed by atoms with Crippen molar-refractivity contribution in [2.75, 3.05) is 0 Å². The Hall–Kier alpha value is -0.700. The summed E-state index contributed by atoms with van der Waals surface area (Å²) in [4.78, 5) is 19.7. The fourth-order valence-electron chi connectivity index (χ4n) is 0.575. The van der Waals surface area contributed by atoms with Crippen LogP contribution in [-0.4, -0.2) is 17.0 Å². The lowest BCUT2D eigenvalue weighted by Crippen LogP contribution is -1.95. The van der Waals surface area contributed by atoms with Crippen molar-refractivity contribution in [3.63, 3.8) is 0 Å². The summed E-state index contributed by atoms with van der Waals surface area (Å²) in [5.41, 5.74) is 0. The van der Waals surface area contributed by atoms with Crippen molar-refractivity contribution in [1.82, 2.24) is 0 Å². The van der Waals surface area contributed by atoms with Crippen LogP contribution in [0.25, 0.3) is 0 Å². The minimum atomic E-state index is 0. The Kier molecular flexibility index (Phi) is 14.9. The Balaban J connectivity index is -0.000000142. The summed E-state index contributed by atoms with van der Waals surface area (Å²) in [5, 5.41) is 0. The van der Waals surface area contributed by atoms with Crippen molar-refractivity contribution in [2.24, 2.45) is 5.92 Å². The van der Waals surface area contributed by atoms with Crippen LogP contribution in [0, 0.1) is 5.92 Å². The van der Waals surface area contributed by atoms with Crippen molar-refractivity contribution in [3.05, 3.63) is 0 Å². The summed E-state index contributed by atoms with van der Waals surface area (Å²) in [5.74, 6) is 0.979. The molecule has 74 valence electrons. The predicted octanol–water partition coefficient (Wildman–Crippen LogP) is 1.39. The van der Waals surface area contributed by atoms with E-state index in [1.807, 2.05) is 13.8 Å². The van der Waals surface area contributed by atoms with Gasteiger partial charge >= 0.3 is 0 Å². The number of hydrogen-bond acceptors (Lipinski definition) is 2. The molecule has 0 spiro atoms. The second-order valence-electron chi connectivity index (χ2n) is 3.21. The quantitative estimate of drug-likeness (QED) is 0.638. The van der Waals surface area contributed by atoms with Gasteiger partial charge < -0.3 is 15.1 Å². The zero-order valence-electron chi connectivity index (χ0n) is 8.60. The Labute approximate surface area is 74.5 Å². The van der Waals surface area contributed by atoms with E-state index in [1.54, 1.807) is 6.92 Å². The fraction of sp³-hybridized carbons (Fsp3) is 0.778. The van der Waals surface area contributed by atoms with E-state index in [0.29, 0.717) is 5.92 Å². The van der Waals surface area contributed by atoms with Gasteiger partial charge in [-0.15, -0.1) is 0 Å². The number of Topliss-reactive ketones (excluding diaryl/α,β-unsaturated/α-hetero) is 2. The molecule has 0 fully saturated rings. The zero-order chi connectivity index (χ0) is 9.44. The second kappa shape index (κ2) is 10.3. The topological polar surface area (TPSA) is 65.6 Å². The van der Waals surface area contributed by atoms with Gasteiger partial charge in [-0.05, 0) is 26.7 Å². The van der Waals surface area contributed by atoms with E-state index in [0.717, 1.165) is 6.42 Å². The van der Waals surface area contributed by atoms with Crippen LogP contribution in [0.4, 0.5) is 0 Å². The Morgan fingerprint density at radius 1 is 1.08 bits per heavy atom. The van der Waals surface area contributed by atoms with Crippen LogP contribution in [0.1, 0.15) is 41.0 Å². The molecule has 0 aromatic carbocycles. The van der Waals surface area contributed by atoms with E-state index in [2.05, 4.69) is 0 Å². The summed E-state index contributed by atoms with van der Waals surface area (Å²) in [6.45, 7) is 8.77. The highest BCUT2D eigenvalue weighted by molar-refractivity contribution is 5.75. The van der Waals surface area contributed by atoms with Crippen molar-refractivity contribution in [1.29, 1.82) is 0 Å². The van der Waals surface area contributed by atoms with E-state index >= 15 is 0 Å². The Morgan fingerprint density at radius 3 is 1.33 bits per heavy atom. The normalized spacial score (nSPS) is 7.83. The molecule has 0 atom stereocenters. The molecule has 0 saturated heterocycles. The monoisotopic (exact) mass is 176 g/mol. The molecule has 0 heterocycles. The molecule has 0 aromatic rings. The summed E-state index contributed by atoms with van der Waals surface area (Å²) in [6, 6.07) is 0. The maximum atomic E-state index is 10.3. The first kappa shape index (κ1) is 17.4. The summed E-state index contributed by atoms with van der Waals surface area (Å²) in [6.07, 6.45) is 0.722. The molecule has 0 saturated carbocycles. The third kappa shape index (κ3) is 58.8. The highest BCUT2D eigenvalue weighted by atomic mass is 16.1. The van der Waals surface area contributed by atoms with E-state index in [9.17, 15) is 9.59 Å². The largest absolute Gasteiger partial charge is 0.412 e. The lowest BCUT2D eigenvalue weighted by Gasteiger charge is -1.95. The number of ketones is 2. The molecule has 2 N–H and O–H groups in total. The van der Waals surface area contributed by atoms with Crippen LogP contribution in [0.3, 0.4) is 0 Å². The van der Waals surface area contributed by atoms with Crippen LogP contribution >= 0.6 is 0 Å². The van der Waals surface area contributed by atoms with Crippen LogP contribution in [0.2, 0.25) is 0 Å². The number of rotatable bonds is 2. The van der Waals surface area contributed by atoms with Crippen molar-refractivity contribution < 1.29 is 15.1 Å². The van der Waals surface area contributed by atoms with Crippen LogP contribution in [0.5, 0.6) is 0 Å². The van der Waals surface area contributed by atoms with Gasteiger partial charge in [0.15, 0.2) is 0 Å². The van der Waals surface area contributed by atoms with Gasteiger partial charge in [0.1, 0.15) is 11.6 Å². The molecule has 0 aliphatic rings. The summed E-state index contributed by atoms with van der Waals surface area (Å²) >= 11 is 0. The predicted molar refractivity (Wildman–Crippen MR) is 50.1 cm³/mol. The molecule has 3 nitrogen and oxygen atoms in total. The van der Waals surface area contributed by atoms with Gasteiger partial charge in [-0.2, -0.15) is 0 Å². The first-order valence-electron chi connectivity index (χ1n) is 3.82. The summed E-state index contributed by atoms with van der Waals surface area (Å²) in [7, 11) is 0. The van der Waals surface area contributed by atoms with Gasteiger partial charge in [-0.3, -0.25) is 0 Å². The standard InChI is InChI=1S/C6H12O.C3H6O.H2O/c1-5(2)4-6(3)7;1-3(2)4;/h5H,4H2,1-3H3;1-2H3;1H2. The minimum Gasteiger partial charge on any atom is -0.412 e. The molecular formula is C9H20O3. The van der Waals surface area contributed by atoms with Crippen LogP contribution in [-0.2, 0) is 9.59 Å².